The highest BCUT2D eigenvalue weighted by Crippen LogP contribution is 2.30. The molecule has 1 amide bonds. The Kier molecular flexibility index (Phi) is 5.27. The topological polar surface area (TPSA) is 90.1 Å². The molecule has 1 aromatic heterocycles. The van der Waals surface area contributed by atoms with Crippen LogP contribution in [0.5, 0.6) is 5.75 Å². The largest absolute Gasteiger partial charge is 0.495 e. The van der Waals surface area contributed by atoms with Gasteiger partial charge in [0.15, 0.2) is 4.34 Å². The monoisotopic (exact) mass is 344 g/mol. The Morgan fingerprint density at radius 3 is 2.86 bits per heavy atom. The molecule has 0 fully saturated rings. The van der Waals surface area contributed by atoms with Gasteiger partial charge in [0.25, 0.3) is 0 Å². The van der Waals surface area contributed by atoms with E-state index in [4.69, 9.17) is 22.1 Å². The number of hydrogen-bond acceptors (Lipinski definition) is 7. The van der Waals surface area contributed by atoms with Crippen LogP contribution in [-0.2, 0) is 4.79 Å². The molecule has 21 heavy (non-hydrogen) atoms. The lowest BCUT2D eigenvalue weighted by Crippen LogP contribution is -2.22. The minimum atomic E-state index is -0.335. The molecule has 2 rings (SSSR count). The zero-order valence-electron chi connectivity index (χ0n) is 11.3. The van der Waals surface area contributed by atoms with E-state index in [9.17, 15) is 4.79 Å². The molecule has 0 unspecified atom stereocenters. The van der Waals surface area contributed by atoms with Crippen molar-refractivity contribution in [3.05, 3.63) is 23.2 Å². The van der Waals surface area contributed by atoms with E-state index < -0.39 is 0 Å². The second kappa shape index (κ2) is 6.97. The Balaban J connectivity index is 1.98. The van der Waals surface area contributed by atoms with E-state index in [-0.39, 0.29) is 11.2 Å². The first kappa shape index (κ1) is 15.9. The maximum atomic E-state index is 12.1. The number of ether oxygens (including phenoxy) is 1. The van der Waals surface area contributed by atoms with Crippen molar-refractivity contribution in [3.8, 4) is 5.75 Å². The van der Waals surface area contributed by atoms with Gasteiger partial charge in [-0.3, -0.25) is 4.79 Å². The molecule has 0 aliphatic rings. The summed E-state index contributed by atoms with van der Waals surface area (Å²) in [5.74, 6) is 0.399. The SMILES string of the molecule is COc1ccc(NC(=O)[C@H](C)Sc2nnc(N)s2)cc1Cl. The van der Waals surface area contributed by atoms with E-state index >= 15 is 0 Å². The molecule has 0 saturated carbocycles. The number of aromatic nitrogens is 2. The molecule has 2 aromatic rings. The predicted molar refractivity (Wildman–Crippen MR) is 86.3 cm³/mol. The van der Waals surface area contributed by atoms with Gasteiger partial charge in [0.1, 0.15) is 5.75 Å². The maximum Gasteiger partial charge on any atom is 0.237 e. The number of methoxy groups -OCH3 is 1. The second-order valence-electron chi connectivity index (χ2n) is 4.00. The third kappa shape index (κ3) is 4.23. The van der Waals surface area contributed by atoms with E-state index in [2.05, 4.69) is 15.5 Å². The average Bonchev–Trinajstić information content (AvgIpc) is 2.84. The summed E-state index contributed by atoms with van der Waals surface area (Å²) in [6, 6.07) is 5.06. The fourth-order valence-corrected chi connectivity index (χ4v) is 3.50. The van der Waals surface area contributed by atoms with Crippen molar-refractivity contribution in [2.75, 3.05) is 18.2 Å². The van der Waals surface area contributed by atoms with Crippen LogP contribution < -0.4 is 15.8 Å². The van der Waals surface area contributed by atoms with Crippen LogP contribution in [0.25, 0.3) is 0 Å². The number of rotatable bonds is 5. The maximum absolute atomic E-state index is 12.1. The van der Waals surface area contributed by atoms with E-state index in [0.717, 1.165) is 0 Å². The van der Waals surface area contributed by atoms with Gasteiger partial charge in [0.2, 0.25) is 11.0 Å². The molecular formula is C12H13ClN4O2S2. The molecule has 0 saturated heterocycles. The Hall–Kier alpha value is -1.51. The number of nitrogens with zero attached hydrogens (tertiary/aromatic N) is 2. The zero-order valence-corrected chi connectivity index (χ0v) is 13.7. The fraction of sp³-hybridized carbons (Fsp3) is 0.250. The summed E-state index contributed by atoms with van der Waals surface area (Å²) < 4.78 is 5.71. The van der Waals surface area contributed by atoms with Gasteiger partial charge in [0.05, 0.1) is 17.4 Å². The smallest absolute Gasteiger partial charge is 0.237 e. The van der Waals surface area contributed by atoms with Gasteiger partial charge in [0, 0.05) is 5.69 Å². The minimum Gasteiger partial charge on any atom is -0.495 e. The van der Waals surface area contributed by atoms with Gasteiger partial charge in [-0.1, -0.05) is 34.7 Å². The summed E-state index contributed by atoms with van der Waals surface area (Å²) >= 11 is 8.56. The number of carbonyl (C=O) groups is 1. The molecule has 1 atom stereocenters. The highest BCUT2D eigenvalue weighted by atomic mass is 35.5. The van der Waals surface area contributed by atoms with Crippen molar-refractivity contribution >= 4 is 51.4 Å². The normalized spacial score (nSPS) is 12.0. The molecule has 0 aliphatic carbocycles. The Labute approximate surface area is 135 Å². The van der Waals surface area contributed by atoms with Crippen LogP contribution in [0.1, 0.15) is 6.92 Å². The van der Waals surface area contributed by atoms with Crippen LogP contribution >= 0.6 is 34.7 Å². The van der Waals surface area contributed by atoms with E-state index in [1.54, 1.807) is 25.1 Å². The van der Waals surface area contributed by atoms with E-state index in [0.29, 0.717) is 25.9 Å². The van der Waals surface area contributed by atoms with Crippen LogP contribution in [0.4, 0.5) is 10.8 Å². The van der Waals surface area contributed by atoms with Crippen molar-refractivity contribution in [1.29, 1.82) is 0 Å². The molecule has 6 nitrogen and oxygen atoms in total. The number of anilines is 2. The van der Waals surface area contributed by atoms with Gasteiger partial charge in [-0.2, -0.15) is 0 Å². The van der Waals surface area contributed by atoms with Crippen molar-refractivity contribution in [2.45, 2.75) is 16.5 Å². The molecule has 0 aliphatic heterocycles. The highest BCUT2D eigenvalue weighted by molar-refractivity contribution is 8.02. The standard InChI is InChI=1S/C12H13ClN4O2S2/c1-6(20-12-17-16-11(14)21-12)10(18)15-7-3-4-9(19-2)8(13)5-7/h3-6H,1-2H3,(H2,14,16)(H,15,18)/t6-/m0/s1. The van der Waals surface area contributed by atoms with Gasteiger partial charge in [-0.25, -0.2) is 0 Å². The van der Waals surface area contributed by atoms with Crippen molar-refractivity contribution < 1.29 is 9.53 Å². The van der Waals surface area contributed by atoms with Crippen molar-refractivity contribution in [1.82, 2.24) is 10.2 Å². The van der Waals surface area contributed by atoms with Gasteiger partial charge < -0.3 is 15.8 Å². The summed E-state index contributed by atoms with van der Waals surface area (Å²) in [6.45, 7) is 1.78. The number of nitrogen functional groups attached to an aromatic ring is 1. The third-order valence-corrected chi connectivity index (χ3v) is 4.72. The molecule has 1 heterocycles. The number of nitrogens with two attached hydrogens (primary N) is 1. The Bertz CT molecular complexity index is 650. The van der Waals surface area contributed by atoms with Crippen molar-refractivity contribution in [2.24, 2.45) is 0 Å². The highest BCUT2D eigenvalue weighted by Gasteiger charge is 2.17. The average molecular weight is 345 g/mol. The number of thioether (sulfide) groups is 1. The van der Waals surface area contributed by atoms with Crippen molar-refractivity contribution in [3.63, 3.8) is 0 Å². The Morgan fingerprint density at radius 2 is 2.29 bits per heavy atom. The number of halogens is 1. The lowest BCUT2D eigenvalue weighted by atomic mass is 10.3. The second-order valence-corrected chi connectivity index (χ2v) is 7.01. The van der Waals surface area contributed by atoms with Gasteiger partial charge in [-0.15, -0.1) is 10.2 Å². The van der Waals surface area contributed by atoms with Gasteiger partial charge in [-0.05, 0) is 25.1 Å². The molecule has 9 heteroatoms. The lowest BCUT2D eigenvalue weighted by molar-refractivity contribution is -0.115. The molecule has 3 N–H and O–H groups in total. The summed E-state index contributed by atoms with van der Waals surface area (Å²) in [4.78, 5) is 12.1. The van der Waals surface area contributed by atoms with Crippen LogP contribution in [-0.4, -0.2) is 28.5 Å². The summed E-state index contributed by atoms with van der Waals surface area (Å²) in [5.41, 5.74) is 6.11. The van der Waals surface area contributed by atoms with Crippen LogP contribution in [0, 0.1) is 0 Å². The molecule has 0 spiro atoms. The number of carbonyl (C=O) groups excluding carboxylic acids is 1. The molecule has 0 radical (unpaired) electrons. The molecular weight excluding hydrogens is 332 g/mol. The Morgan fingerprint density at radius 1 is 1.52 bits per heavy atom. The van der Waals surface area contributed by atoms with E-state index in [1.807, 2.05) is 0 Å². The fourth-order valence-electron chi connectivity index (χ4n) is 1.46. The first-order valence-corrected chi connectivity index (χ1v) is 7.97. The minimum absolute atomic E-state index is 0.157. The summed E-state index contributed by atoms with van der Waals surface area (Å²) in [6.07, 6.45) is 0. The van der Waals surface area contributed by atoms with Gasteiger partial charge >= 0.3 is 0 Å². The zero-order chi connectivity index (χ0) is 15.4. The van der Waals surface area contributed by atoms with Crippen LogP contribution in [0.2, 0.25) is 5.02 Å². The first-order valence-electron chi connectivity index (χ1n) is 5.89. The number of benzene rings is 1. The first-order chi connectivity index (χ1) is 9.99. The molecule has 0 bridgehead atoms. The van der Waals surface area contributed by atoms with Crippen LogP contribution in [0.3, 0.4) is 0 Å². The molecule has 1 aromatic carbocycles. The number of nitrogens with one attached hydrogen (secondary N) is 1. The summed E-state index contributed by atoms with van der Waals surface area (Å²) in [7, 11) is 1.53. The predicted octanol–water partition coefficient (Wildman–Crippen LogP) is 2.90. The summed E-state index contributed by atoms with van der Waals surface area (Å²) in [5, 5.41) is 10.8. The molecule has 112 valence electrons. The third-order valence-electron chi connectivity index (χ3n) is 2.49. The number of amides is 1. The van der Waals surface area contributed by atoms with Crippen LogP contribution in [0.15, 0.2) is 22.5 Å². The number of hydrogen-bond donors (Lipinski definition) is 2. The van der Waals surface area contributed by atoms with E-state index in [1.165, 1.54) is 30.2 Å². The quantitative estimate of drug-likeness (QED) is 0.810. The lowest BCUT2D eigenvalue weighted by Gasteiger charge is -2.11.